The van der Waals surface area contributed by atoms with Gasteiger partial charge in [0.05, 0.1) is 5.52 Å². The summed E-state index contributed by atoms with van der Waals surface area (Å²) in [7, 11) is 0. The number of nitrogens with zero attached hydrogens (tertiary/aromatic N) is 1. The Kier molecular flexibility index (Phi) is 5.98. The van der Waals surface area contributed by atoms with Crippen LogP contribution >= 0.6 is 11.6 Å². The predicted molar refractivity (Wildman–Crippen MR) is 89.2 cm³/mol. The van der Waals surface area contributed by atoms with Crippen molar-refractivity contribution in [3.8, 4) is 0 Å². The van der Waals surface area contributed by atoms with Gasteiger partial charge in [0.15, 0.2) is 0 Å². The molecule has 0 saturated carbocycles. The van der Waals surface area contributed by atoms with Gasteiger partial charge in [-0.3, -0.25) is 9.78 Å². The van der Waals surface area contributed by atoms with E-state index in [4.69, 9.17) is 16.7 Å². The van der Waals surface area contributed by atoms with Gasteiger partial charge in [-0.25, -0.2) is 0 Å². The number of carbonyl (C=O) groups is 1. The van der Waals surface area contributed by atoms with Crippen molar-refractivity contribution < 1.29 is 9.90 Å². The van der Waals surface area contributed by atoms with Crippen molar-refractivity contribution in [2.75, 3.05) is 18.5 Å². The van der Waals surface area contributed by atoms with E-state index >= 15 is 0 Å². The maximum atomic E-state index is 10.9. The summed E-state index contributed by atoms with van der Waals surface area (Å²) < 4.78 is 0. The fourth-order valence-corrected chi connectivity index (χ4v) is 2.44. The van der Waals surface area contributed by atoms with E-state index in [1.54, 1.807) is 6.20 Å². The first kappa shape index (κ1) is 16.5. The van der Waals surface area contributed by atoms with Gasteiger partial charge in [0.2, 0.25) is 5.91 Å². The number of carbonyl (C=O) groups excluding carboxylic acids is 1. The van der Waals surface area contributed by atoms with Crippen LogP contribution in [0.5, 0.6) is 0 Å². The molecule has 1 aromatic carbocycles. The number of anilines is 1. The maximum Gasteiger partial charge on any atom is 0.245 e. The number of pyridine rings is 1. The lowest BCUT2D eigenvalue weighted by Crippen LogP contribution is -2.28. The van der Waals surface area contributed by atoms with Gasteiger partial charge in [0, 0.05) is 34.9 Å². The van der Waals surface area contributed by atoms with E-state index in [0.29, 0.717) is 11.6 Å². The second-order valence-corrected chi connectivity index (χ2v) is 5.65. The SMILES string of the molecule is C[C@@H](CCCNC(=O)CO)Nc1ccnc2cc(Cl)ccc12. The average molecular weight is 322 g/mol. The Bertz CT molecular complexity index is 648. The third-order valence-corrected chi connectivity index (χ3v) is 3.62. The molecule has 0 unspecified atom stereocenters. The van der Waals surface area contributed by atoms with Gasteiger partial charge in [-0.2, -0.15) is 0 Å². The number of nitrogens with one attached hydrogen (secondary N) is 2. The molecule has 2 aromatic rings. The van der Waals surface area contributed by atoms with Crippen LogP contribution in [0.3, 0.4) is 0 Å². The molecule has 1 heterocycles. The van der Waals surface area contributed by atoms with Crippen molar-refractivity contribution in [1.29, 1.82) is 0 Å². The van der Waals surface area contributed by atoms with Crippen LogP contribution in [-0.4, -0.2) is 35.2 Å². The molecule has 1 amide bonds. The number of benzene rings is 1. The summed E-state index contributed by atoms with van der Waals surface area (Å²) in [5.41, 5.74) is 1.88. The summed E-state index contributed by atoms with van der Waals surface area (Å²) in [6, 6.07) is 7.86. The third-order valence-electron chi connectivity index (χ3n) is 3.39. The van der Waals surface area contributed by atoms with E-state index in [2.05, 4.69) is 22.5 Å². The zero-order valence-electron chi connectivity index (χ0n) is 12.5. The van der Waals surface area contributed by atoms with Gasteiger partial charge in [-0.15, -0.1) is 0 Å². The van der Waals surface area contributed by atoms with Gasteiger partial charge in [0.25, 0.3) is 0 Å². The summed E-state index contributed by atoms with van der Waals surface area (Å²) in [5.74, 6) is -0.336. The molecule has 2 rings (SSSR count). The van der Waals surface area contributed by atoms with Crippen LogP contribution in [0.2, 0.25) is 5.02 Å². The number of hydrogen-bond acceptors (Lipinski definition) is 4. The normalized spacial score (nSPS) is 12.1. The summed E-state index contributed by atoms with van der Waals surface area (Å²) in [6.07, 6.45) is 3.51. The molecule has 1 aromatic heterocycles. The lowest BCUT2D eigenvalue weighted by atomic mass is 10.1. The number of halogens is 1. The summed E-state index contributed by atoms with van der Waals surface area (Å²) in [6.45, 7) is 2.20. The fourth-order valence-electron chi connectivity index (χ4n) is 2.28. The number of aliphatic hydroxyl groups excluding tert-OH is 1. The van der Waals surface area contributed by atoms with Crippen LogP contribution in [0.1, 0.15) is 19.8 Å². The predicted octanol–water partition coefficient (Wildman–Crippen LogP) is 2.58. The maximum absolute atomic E-state index is 10.9. The van der Waals surface area contributed by atoms with Crippen molar-refractivity contribution in [3.63, 3.8) is 0 Å². The minimum absolute atomic E-state index is 0.257. The standard InChI is InChI=1S/C16H20ClN3O2/c1-11(3-2-7-19-16(22)10-21)20-14-6-8-18-15-9-12(17)4-5-13(14)15/h4-6,8-9,11,21H,2-3,7,10H2,1H3,(H,18,20)(H,19,22)/t11-/m0/s1. The summed E-state index contributed by atoms with van der Waals surface area (Å²) in [4.78, 5) is 15.2. The van der Waals surface area contributed by atoms with E-state index in [0.717, 1.165) is 29.4 Å². The van der Waals surface area contributed by atoms with Crippen LogP contribution in [0.15, 0.2) is 30.5 Å². The highest BCUT2D eigenvalue weighted by Crippen LogP contribution is 2.25. The van der Waals surface area contributed by atoms with Gasteiger partial charge in [0.1, 0.15) is 6.61 Å². The molecule has 0 aliphatic heterocycles. The molecule has 0 radical (unpaired) electrons. The van der Waals surface area contributed by atoms with Crippen molar-refractivity contribution in [1.82, 2.24) is 10.3 Å². The largest absolute Gasteiger partial charge is 0.387 e. The molecular formula is C16H20ClN3O2. The molecule has 3 N–H and O–H groups in total. The topological polar surface area (TPSA) is 74.2 Å². The molecule has 0 fully saturated rings. The Morgan fingerprint density at radius 3 is 3.00 bits per heavy atom. The van der Waals surface area contributed by atoms with Gasteiger partial charge < -0.3 is 15.7 Å². The van der Waals surface area contributed by atoms with Crippen LogP contribution in [0, 0.1) is 0 Å². The van der Waals surface area contributed by atoms with Crippen LogP contribution in [-0.2, 0) is 4.79 Å². The smallest absolute Gasteiger partial charge is 0.245 e. The molecule has 0 aliphatic rings. The number of hydrogen-bond donors (Lipinski definition) is 3. The van der Waals surface area contributed by atoms with Crippen molar-refractivity contribution in [3.05, 3.63) is 35.5 Å². The Morgan fingerprint density at radius 1 is 1.41 bits per heavy atom. The Balaban J connectivity index is 1.91. The lowest BCUT2D eigenvalue weighted by Gasteiger charge is -2.17. The van der Waals surface area contributed by atoms with Gasteiger partial charge in [-0.05, 0) is 44.0 Å². The van der Waals surface area contributed by atoms with Crippen molar-refractivity contribution in [2.24, 2.45) is 0 Å². The molecular weight excluding hydrogens is 302 g/mol. The van der Waals surface area contributed by atoms with Gasteiger partial charge >= 0.3 is 0 Å². The average Bonchev–Trinajstić information content (AvgIpc) is 2.51. The minimum atomic E-state index is -0.459. The van der Waals surface area contributed by atoms with Gasteiger partial charge in [-0.1, -0.05) is 11.6 Å². The zero-order valence-corrected chi connectivity index (χ0v) is 13.2. The van der Waals surface area contributed by atoms with E-state index in [1.807, 2.05) is 24.3 Å². The second kappa shape index (κ2) is 7.96. The Hall–Kier alpha value is -1.85. The zero-order chi connectivity index (χ0) is 15.9. The van der Waals surface area contributed by atoms with Crippen LogP contribution < -0.4 is 10.6 Å². The number of aliphatic hydroxyl groups is 1. The highest BCUT2D eigenvalue weighted by Gasteiger charge is 2.07. The number of rotatable bonds is 7. The molecule has 6 heteroatoms. The first-order valence-corrected chi connectivity index (χ1v) is 7.66. The van der Waals surface area contributed by atoms with E-state index in [-0.39, 0.29) is 11.9 Å². The first-order chi connectivity index (χ1) is 10.6. The molecule has 0 aliphatic carbocycles. The first-order valence-electron chi connectivity index (χ1n) is 7.28. The number of fused-ring (bicyclic) bond motifs is 1. The molecule has 118 valence electrons. The highest BCUT2D eigenvalue weighted by molar-refractivity contribution is 6.31. The van der Waals surface area contributed by atoms with E-state index in [1.165, 1.54) is 0 Å². The quantitative estimate of drug-likeness (QED) is 0.685. The minimum Gasteiger partial charge on any atom is -0.387 e. The van der Waals surface area contributed by atoms with Crippen LogP contribution in [0.25, 0.3) is 10.9 Å². The monoisotopic (exact) mass is 321 g/mol. The lowest BCUT2D eigenvalue weighted by molar-refractivity contribution is -0.123. The van der Waals surface area contributed by atoms with Crippen molar-refractivity contribution in [2.45, 2.75) is 25.8 Å². The number of amides is 1. The fraction of sp³-hybridized carbons (Fsp3) is 0.375. The van der Waals surface area contributed by atoms with E-state index < -0.39 is 6.61 Å². The van der Waals surface area contributed by atoms with Crippen molar-refractivity contribution >= 4 is 34.1 Å². The Morgan fingerprint density at radius 2 is 2.23 bits per heavy atom. The molecule has 0 saturated heterocycles. The Labute approximate surface area is 134 Å². The molecule has 1 atom stereocenters. The second-order valence-electron chi connectivity index (χ2n) is 5.22. The van der Waals surface area contributed by atoms with Crippen LogP contribution in [0.4, 0.5) is 5.69 Å². The molecule has 5 nitrogen and oxygen atoms in total. The number of aromatic nitrogens is 1. The van der Waals surface area contributed by atoms with E-state index in [9.17, 15) is 4.79 Å². The third kappa shape index (κ3) is 4.58. The molecule has 0 spiro atoms. The molecule has 22 heavy (non-hydrogen) atoms. The summed E-state index contributed by atoms with van der Waals surface area (Å²) >= 11 is 5.99. The molecule has 0 bridgehead atoms. The summed E-state index contributed by atoms with van der Waals surface area (Å²) in [5, 5.41) is 16.4. The highest BCUT2D eigenvalue weighted by atomic mass is 35.5.